The Kier molecular flexibility index (Phi) is 4.11. The van der Waals surface area contributed by atoms with Gasteiger partial charge in [0.15, 0.2) is 0 Å². The van der Waals surface area contributed by atoms with Crippen LogP contribution < -0.4 is 4.74 Å². The summed E-state index contributed by atoms with van der Waals surface area (Å²) in [5.41, 5.74) is 0.769. The molecule has 1 rings (SSSR count). The molecule has 0 bridgehead atoms. The first kappa shape index (κ1) is 12.8. The fourth-order valence-electron chi connectivity index (χ4n) is 1.41. The van der Waals surface area contributed by atoms with Gasteiger partial charge in [-0.25, -0.2) is 9.79 Å². The predicted octanol–water partition coefficient (Wildman–Crippen LogP) is 2.96. The molecule has 0 aromatic heterocycles. The van der Waals surface area contributed by atoms with Gasteiger partial charge >= 0.3 is 0 Å². The number of isocyanates is 1. The highest BCUT2D eigenvalue weighted by molar-refractivity contribution is 6.32. The van der Waals surface area contributed by atoms with E-state index in [1.807, 2.05) is 32.0 Å². The number of benzene rings is 1. The smallest absolute Gasteiger partial charge is 0.234 e. The van der Waals surface area contributed by atoms with Crippen molar-refractivity contribution < 1.29 is 9.53 Å². The molecule has 4 heteroatoms. The fraction of sp³-hybridized carbons (Fsp3) is 0.417. The Labute approximate surface area is 100 Å². The first-order valence-corrected chi connectivity index (χ1v) is 5.26. The van der Waals surface area contributed by atoms with Crippen molar-refractivity contribution in [3.63, 3.8) is 0 Å². The highest BCUT2D eigenvalue weighted by Gasteiger charge is 2.21. The Morgan fingerprint density at radius 2 is 2.19 bits per heavy atom. The molecule has 16 heavy (non-hydrogen) atoms. The van der Waals surface area contributed by atoms with E-state index in [-0.39, 0.29) is 5.41 Å². The molecule has 0 amide bonds. The monoisotopic (exact) mass is 239 g/mol. The highest BCUT2D eigenvalue weighted by atomic mass is 35.5. The minimum Gasteiger partial charge on any atom is -0.495 e. The van der Waals surface area contributed by atoms with Gasteiger partial charge in [0.25, 0.3) is 0 Å². The molecule has 0 atom stereocenters. The maximum atomic E-state index is 10.1. The van der Waals surface area contributed by atoms with Crippen LogP contribution in [0.5, 0.6) is 5.75 Å². The molecule has 86 valence electrons. The number of carbonyl (C=O) groups excluding carboxylic acids is 1. The number of aliphatic imine (C=N–C) groups is 1. The summed E-state index contributed by atoms with van der Waals surface area (Å²) in [6.07, 6.45) is 1.55. The van der Waals surface area contributed by atoms with Gasteiger partial charge < -0.3 is 4.74 Å². The zero-order valence-electron chi connectivity index (χ0n) is 9.58. The molecule has 1 aromatic carbocycles. The van der Waals surface area contributed by atoms with Crippen LogP contribution in [0.2, 0.25) is 5.02 Å². The molecule has 0 spiro atoms. The normalized spacial score (nSPS) is 10.8. The van der Waals surface area contributed by atoms with Gasteiger partial charge in [0.1, 0.15) is 5.75 Å². The standard InChI is InChI=1S/C12H14ClNO2/c1-12(2,7-14-8-15)9-4-5-11(16-3)10(13)6-9/h4-6H,7H2,1-3H3. The second-order valence-electron chi connectivity index (χ2n) is 4.14. The van der Waals surface area contributed by atoms with Crippen LogP contribution in [-0.4, -0.2) is 19.7 Å². The largest absolute Gasteiger partial charge is 0.495 e. The van der Waals surface area contributed by atoms with Crippen LogP contribution in [-0.2, 0) is 10.2 Å². The number of hydrogen-bond acceptors (Lipinski definition) is 3. The van der Waals surface area contributed by atoms with Crippen molar-refractivity contribution in [3.05, 3.63) is 28.8 Å². The average molecular weight is 240 g/mol. The second kappa shape index (κ2) is 5.15. The first-order valence-electron chi connectivity index (χ1n) is 4.89. The van der Waals surface area contributed by atoms with E-state index in [4.69, 9.17) is 16.3 Å². The average Bonchev–Trinajstić information content (AvgIpc) is 2.26. The number of ether oxygens (including phenoxy) is 1. The van der Waals surface area contributed by atoms with Crippen molar-refractivity contribution >= 4 is 17.7 Å². The maximum Gasteiger partial charge on any atom is 0.234 e. The Hall–Kier alpha value is -1.31. The van der Waals surface area contributed by atoms with Crippen molar-refractivity contribution in [1.82, 2.24) is 0 Å². The van der Waals surface area contributed by atoms with Crippen LogP contribution in [0.4, 0.5) is 0 Å². The molecule has 0 aliphatic heterocycles. The van der Waals surface area contributed by atoms with Crippen LogP contribution in [0.3, 0.4) is 0 Å². The van der Waals surface area contributed by atoms with Crippen LogP contribution >= 0.6 is 11.6 Å². The molecule has 0 saturated heterocycles. The van der Waals surface area contributed by atoms with E-state index >= 15 is 0 Å². The van der Waals surface area contributed by atoms with Crippen LogP contribution in [0, 0.1) is 0 Å². The number of methoxy groups -OCH3 is 1. The van der Waals surface area contributed by atoms with E-state index < -0.39 is 0 Å². The van der Waals surface area contributed by atoms with E-state index in [1.165, 1.54) is 0 Å². The summed E-state index contributed by atoms with van der Waals surface area (Å²) in [6, 6.07) is 5.57. The first-order chi connectivity index (χ1) is 7.51. The summed E-state index contributed by atoms with van der Waals surface area (Å²) < 4.78 is 5.08. The second-order valence-corrected chi connectivity index (χ2v) is 4.55. The molecule has 0 N–H and O–H groups in total. The van der Waals surface area contributed by atoms with Crippen LogP contribution in [0.1, 0.15) is 19.4 Å². The lowest BCUT2D eigenvalue weighted by atomic mass is 9.85. The topological polar surface area (TPSA) is 38.7 Å². The van der Waals surface area contributed by atoms with Gasteiger partial charge in [0.05, 0.1) is 18.7 Å². The lowest BCUT2D eigenvalue weighted by molar-refractivity contribution is 0.414. The van der Waals surface area contributed by atoms with Gasteiger partial charge in [-0.15, -0.1) is 0 Å². The van der Waals surface area contributed by atoms with Crippen LogP contribution in [0.25, 0.3) is 0 Å². The SMILES string of the molecule is COc1ccc(C(C)(C)CN=C=O)cc1Cl. The summed E-state index contributed by atoms with van der Waals surface area (Å²) in [6.45, 7) is 4.37. The van der Waals surface area contributed by atoms with Gasteiger partial charge in [-0.05, 0) is 17.7 Å². The van der Waals surface area contributed by atoms with E-state index in [1.54, 1.807) is 13.2 Å². The Morgan fingerprint density at radius 1 is 1.50 bits per heavy atom. The van der Waals surface area contributed by atoms with Crippen molar-refractivity contribution in [2.45, 2.75) is 19.3 Å². The number of halogens is 1. The molecule has 0 radical (unpaired) electrons. The third-order valence-corrected chi connectivity index (χ3v) is 2.77. The summed E-state index contributed by atoms with van der Waals surface area (Å²) in [5.74, 6) is 0.639. The lowest BCUT2D eigenvalue weighted by Crippen LogP contribution is -2.21. The Balaban J connectivity index is 3.04. The van der Waals surface area contributed by atoms with Crippen molar-refractivity contribution in [2.24, 2.45) is 4.99 Å². The molecule has 0 aliphatic carbocycles. The van der Waals surface area contributed by atoms with Gasteiger partial charge in [-0.2, -0.15) is 0 Å². The Morgan fingerprint density at radius 3 is 2.69 bits per heavy atom. The highest BCUT2D eigenvalue weighted by Crippen LogP contribution is 2.31. The Bertz CT molecular complexity index is 423. The van der Waals surface area contributed by atoms with Crippen molar-refractivity contribution in [1.29, 1.82) is 0 Å². The molecule has 3 nitrogen and oxygen atoms in total. The minimum atomic E-state index is -0.243. The van der Waals surface area contributed by atoms with Gasteiger partial charge in [-0.1, -0.05) is 31.5 Å². The lowest BCUT2D eigenvalue weighted by Gasteiger charge is -2.22. The van der Waals surface area contributed by atoms with Crippen molar-refractivity contribution in [3.8, 4) is 5.75 Å². The summed E-state index contributed by atoms with van der Waals surface area (Å²) in [7, 11) is 1.57. The maximum absolute atomic E-state index is 10.1. The molecule has 0 fully saturated rings. The molecule has 1 aromatic rings. The predicted molar refractivity (Wildman–Crippen MR) is 64.0 cm³/mol. The minimum absolute atomic E-state index is 0.243. The third-order valence-electron chi connectivity index (χ3n) is 2.47. The molecular formula is C12H14ClNO2. The molecular weight excluding hydrogens is 226 g/mol. The van der Waals surface area contributed by atoms with E-state index in [0.717, 1.165) is 5.56 Å². The van der Waals surface area contributed by atoms with Crippen molar-refractivity contribution in [2.75, 3.05) is 13.7 Å². The number of rotatable bonds is 4. The zero-order valence-corrected chi connectivity index (χ0v) is 10.3. The quantitative estimate of drug-likeness (QED) is 0.599. The number of nitrogens with zero attached hydrogens (tertiary/aromatic N) is 1. The summed E-state index contributed by atoms with van der Waals surface area (Å²) in [5, 5.41) is 0.558. The fourth-order valence-corrected chi connectivity index (χ4v) is 1.67. The summed E-state index contributed by atoms with van der Waals surface area (Å²) in [4.78, 5) is 13.7. The van der Waals surface area contributed by atoms with Crippen LogP contribution in [0.15, 0.2) is 23.2 Å². The zero-order chi connectivity index (χ0) is 12.2. The molecule has 0 saturated carbocycles. The van der Waals surface area contributed by atoms with E-state index in [9.17, 15) is 4.79 Å². The van der Waals surface area contributed by atoms with Gasteiger partial charge in [0.2, 0.25) is 6.08 Å². The number of hydrogen-bond donors (Lipinski definition) is 0. The molecule has 0 unspecified atom stereocenters. The van der Waals surface area contributed by atoms with Gasteiger partial charge in [-0.3, -0.25) is 0 Å². The van der Waals surface area contributed by atoms with E-state index in [2.05, 4.69) is 4.99 Å². The van der Waals surface area contributed by atoms with E-state index in [0.29, 0.717) is 17.3 Å². The van der Waals surface area contributed by atoms with Gasteiger partial charge in [0, 0.05) is 5.41 Å². The third kappa shape index (κ3) is 2.84. The molecule has 0 heterocycles. The summed E-state index contributed by atoms with van der Waals surface area (Å²) >= 11 is 6.04. The molecule has 0 aliphatic rings.